The third-order valence-electron chi connectivity index (χ3n) is 2.93. The van der Waals surface area contributed by atoms with Crippen LogP contribution in [0.2, 0.25) is 0 Å². The van der Waals surface area contributed by atoms with E-state index in [9.17, 15) is 14.7 Å². The van der Waals surface area contributed by atoms with Crippen molar-refractivity contribution >= 4 is 11.9 Å². The fraction of sp³-hybridized carbons (Fsp3) is 0.800. The van der Waals surface area contributed by atoms with Gasteiger partial charge in [-0.05, 0) is 26.4 Å². The first-order chi connectivity index (χ1) is 7.00. The lowest BCUT2D eigenvalue weighted by atomic mass is 9.77. The van der Waals surface area contributed by atoms with E-state index in [2.05, 4.69) is 4.74 Å². The predicted molar refractivity (Wildman–Crippen MR) is 53.4 cm³/mol. The van der Waals surface area contributed by atoms with Gasteiger partial charge in [0.1, 0.15) is 0 Å². The number of carbonyl (C=O) groups is 2. The summed E-state index contributed by atoms with van der Waals surface area (Å²) in [6.07, 6.45) is 1.31. The van der Waals surface area contributed by atoms with Crippen LogP contribution in [0.5, 0.6) is 0 Å². The van der Waals surface area contributed by atoms with Gasteiger partial charge in [0.15, 0.2) is 0 Å². The molecule has 0 aliphatic carbocycles. The van der Waals surface area contributed by atoms with Crippen molar-refractivity contribution in [1.82, 2.24) is 4.90 Å². The zero-order chi connectivity index (χ0) is 11.5. The Morgan fingerprint density at radius 1 is 1.53 bits per heavy atom. The zero-order valence-corrected chi connectivity index (χ0v) is 9.15. The SMILES string of the molecule is COC(=O)CC1(C(=O)O)CCCN(C)C1. The molecule has 1 aliphatic heterocycles. The second kappa shape index (κ2) is 4.61. The maximum absolute atomic E-state index is 11.2. The first-order valence-electron chi connectivity index (χ1n) is 4.99. The lowest BCUT2D eigenvalue weighted by Gasteiger charge is -2.37. The highest BCUT2D eigenvalue weighted by atomic mass is 16.5. The van der Waals surface area contributed by atoms with E-state index in [0.29, 0.717) is 13.0 Å². The standard InChI is InChI=1S/C10H17NO4/c1-11-5-3-4-10(7-11,9(13)14)6-8(12)15-2/h3-7H2,1-2H3,(H,13,14). The lowest BCUT2D eigenvalue weighted by molar-refractivity contribution is -0.160. The molecule has 1 saturated heterocycles. The average Bonchev–Trinajstić information content (AvgIpc) is 2.17. The van der Waals surface area contributed by atoms with Crippen LogP contribution in [-0.2, 0) is 14.3 Å². The second-order valence-corrected chi connectivity index (χ2v) is 4.18. The van der Waals surface area contributed by atoms with Gasteiger partial charge in [0, 0.05) is 6.54 Å². The van der Waals surface area contributed by atoms with Crippen LogP contribution in [0.15, 0.2) is 0 Å². The molecule has 1 unspecified atom stereocenters. The molecule has 1 aliphatic rings. The summed E-state index contributed by atoms with van der Waals surface area (Å²) < 4.78 is 4.54. The van der Waals surface area contributed by atoms with Crippen LogP contribution >= 0.6 is 0 Å². The summed E-state index contributed by atoms with van der Waals surface area (Å²) in [5, 5.41) is 9.22. The van der Waals surface area contributed by atoms with E-state index < -0.39 is 17.4 Å². The number of methoxy groups -OCH3 is 1. The van der Waals surface area contributed by atoms with Gasteiger partial charge in [-0.2, -0.15) is 0 Å². The molecule has 1 fully saturated rings. The number of nitrogens with zero attached hydrogens (tertiary/aromatic N) is 1. The van der Waals surface area contributed by atoms with Crippen molar-refractivity contribution < 1.29 is 19.4 Å². The van der Waals surface area contributed by atoms with Crippen LogP contribution in [-0.4, -0.2) is 49.2 Å². The highest BCUT2D eigenvalue weighted by molar-refractivity contribution is 5.82. The maximum Gasteiger partial charge on any atom is 0.311 e. The minimum atomic E-state index is -0.958. The van der Waals surface area contributed by atoms with Crippen molar-refractivity contribution in [3.63, 3.8) is 0 Å². The molecular formula is C10H17NO4. The molecule has 0 aromatic rings. The summed E-state index contributed by atoms with van der Waals surface area (Å²) in [4.78, 5) is 24.4. The maximum atomic E-state index is 11.2. The molecule has 0 aromatic carbocycles. The van der Waals surface area contributed by atoms with Gasteiger partial charge < -0.3 is 14.7 Å². The largest absolute Gasteiger partial charge is 0.481 e. The van der Waals surface area contributed by atoms with Crippen molar-refractivity contribution in [3.05, 3.63) is 0 Å². The molecule has 1 N–H and O–H groups in total. The molecule has 1 rings (SSSR count). The van der Waals surface area contributed by atoms with Gasteiger partial charge in [0.25, 0.3) is 0 Å². The molecule has 5 heteroatoms. The van der Waals surface area contributed by atoms with Crippen molar-refractivity contribution in [1.29, 1.82) is 0 Å². The number of carboxylic acid groups (broad SMARTS) is 1. The van der Waals surface area contributed by atoms with E-state index in [-0.39, 0.29) is 6.42 Å². The Hall–Kier alpha value is -1.10. The molecule has 0 amide bonds. The van der Waals surface area contributed by atoms with Crippen molar-refractivity contribution in [2.24, 2.45) is 5.41 Å². The van der Waals surface area contributed by atoms with Crippen LogP contribution in [0.4, 0.5) is 0 Å². The minimum absolute atomic E-state index is 0.0385. The first-order valence-corrected chi connectivity index (χ1v) is 4.99. The number of ether oxygens (including phenoxy) is 1. The number of hydrogen-bond donors (Lipinski definition) is 1. The first kappa shape index (κ1) is 12.0. The van der Waals surface area contributed by atoms with Gasteiger partial charge in [-0.15, -0.1) is 0 Å². The van der Waals surface area contributed by atoms with Crippen LogP contribution in [0.25, 0.3) is 0 Å². The van der Waals surface area contributed by atoms with E-state index in [1.54, 1.807) is 0 Å². The third-order valence-corrected chi connectivity index (χ3v) is 2.93. The van der Waals surface area contributed by atoms with Crippen molar-refractivity contribution in [2.45, 2.75) is 19.3 Å². The number of carboxylic acids is 1. The molecule has 0 spiro atoms. The predicted octanol–water partition coefficient (Wildman–Crippen LogP) is 0.346. The van der Waals surface area contributed by atoms with Crippen molar-refractivity contribution in [2.75, 3.05) is 27.2 Å². The fourth-order valence-corrected chi connectivity index (χ4v) is 2.11. The number of piperidine rings is 1. The molecule has 1 heterocycles. The van der Waals surface area contributed by atoms with Gasteiger partial charge in [0.2, 0.25) is 0 Å². The summed E-state index contributed by atoms with van der Waals surface area (Å²) in [5.41, 5.74) is -0.958. The van der Waals surface area contributed by atoms with Gasteiger partial charge in [-0.1, -0.05) is 0 Å². The Bertz CT molecular complexity index is 266. The molecule has 86 valence electrons. The highest BCUT2D eigenvalue weighted by Crippen LogP contribution is 2.33. The fourth-order valence-electron chi connectivity index (χ4n) is 2.11. The Kier molecular flexibility index (Phi) is 3.68. The number of carbonyl (C=O) groups excluding carboxylic acids is 1. The van der Waals surface area contributed by atoms with E-state index in [1.807, 2.05) is 11.9 Å². The molecule has 0 saturated carbocycles. The number of hydrogen-bond acceptors (Lipinski definition) is 4. The van der Waals surface area contributed by atoms with Gasteiger partial charge in [0.05, 0.1) is 18.9 Å². The summed E-state index contributed by atoms with van der Waals surface area (Å²) in [5.74, 6) is -1.35. The Labute approximate surface area is 89.0 Å². The molecule has 0 radical (unpaired) electrons. The van der Waals surface area contributed by atoms with Gasteiger partial charge in [-0.25, -0.2) is 0 Å². The lowest BCUT2D eigenvalue weighted by Crippen LogP contribution is -2.47. The zero-order valence-electron chi connectivity index (χ0n) is 9.15. The molecular weight excluding hydrogens is 198 g/mol. The number of likely N-dealkylation sites (tertiary alicyclic amines) is 1. The Morgan fingerprint density at radius 3 is 2.67 bits per heavy atom. The summed E-state index contributed by atoms with van der Waals surface area (Å²) in [7, 11) is 3.15. The normalized spacial score (nSPS) is 27.3. The summed E-state index contributed by atoms with van der Waals surface area (Å²) >= 11 is 0. The second-order valence-electron chi connectivity index (χ2n) is 4.18. The van der Waals surface area contributed by atoms with E-state index >= 15 is 0 Å². The van der Waals surface area contributed by atoms with Crippen LogP contribution in [0, 0.1) is 5.41 Å². The number of aliphatic carboxylic acids is 1. The molecule has 15 heavy (non-hydrogen) atoms. The summed E-state index contributed by atoms with van der Waals surface area (Å²) in [6.45, 7) is 1.30. The van der Waals surface area contributed by atoms with Crippen LogP contribution in [0.3, 0.4) is 0 Å². The van der Waals surface area contributed by atoms with E-state index in [0.717, 1.165) is 13.0 Å². The molecule has 1 atom stereocenters. The topological polar surface area (TPSA) is 66.8 Å². The van der Waals surface area contributed by atoms with Crippen molar-refractivity contribution in [3.8, 4) is 0 Å². The average molecular weight is 215 g/mol. The third kappa shape index (κ3) is 2.68. The van der Waals surface area contributed by atoms with E-state index in [1.165, 1.54) is 7.11 Å². The molecule has 0 bridgehead atoms. The van der Waals surface area contributed by atoms with Gasteiger partial charge >= 0.3 is 11.9 Å². The van der Waals surface area contributed by atoms with Crippen LogP contribution < -0.4 is 0 Å². The highest BCUT2D eigenvalue weighted by Gasteiger charge is 2.43. The number of rotatable bonds is 3. The quantitative estimate of drug-likeness (QED) is 0.688. The van der Waals surface area contributed by atoms with Crippen LogP contribution in [0.1, 0.15) is 19.3 Å². The Balaban J connectivity index is 2.78. The smallest absolute Gasteiger partial charge is 0.311 e. The summed E-state index contributed by atoms with van der Waals surface area (Å²) in [6, 6.07) is 0. The number of esters is 1. The Morgan fingerprint density at radius 2 is 2.20 bits per heavy atom. The molecule has 0 aromatic heterocycles. The minimum Gasteiger partial charge on any atom is -0.481 e. The molecule has 5 nitrogen and oxygen atoms in total. The van der Waals surface area contributed by atoms with Gasteiger partial charge in [-0.3, -0.25) is 9.59 Å². The van der Waals surface area contributed by atoms with E-state index in [4.69, 9.17) is 0 Å². The monoisotopic (exact) mass is 215 g/mol.